The van der Waals surface area contributed by atoms with Gasteiger partial charge in [-0.05, 0) is 24.6 Å². The van der Waals surface area contributed by atoms with Crippen molar-refractivity contribution in [2.24, 2.45) is 0 Å². The fraction of sp³-hybridized carbons (Fsp3) is 0.364. The second-order valence-corrected chi connectivity index (χ2v) is 6.00. The van der Waals surface area contributed by atoms with Crippen molar-refractivity contribution >= 4 is 53.8 Å². The molecule has 0 aromatic heterocycles. The van der Waals surface area contributed by atoms with Crippen LogP contribution in [0.5, 0.6) is 0 Å². The van der Waals surface area contributed by atoms with Gasteiger partial charge in [0.05, 0.1) is 11.4 Å². The maximum Gasteiger partial charge on any atom is 0.321 e. The Morgan fingerprint density at radius 1 is 1.31 bits per heavy atom. The minimum Gasteiger partial charge on any atom is -0.465 e. The number of alkyl halides is 2. The Bertz CT molecular complexity index is 351. The Hall–Kier alpha value is 0.130. The molecule has 0 saturated heterocycles. The molecular formula is C11H11Br3O2. The van der Waals surface area contributed by atoms with Crippen LogP contribution < -0.4 is 0 Å². The van der Waals surface area contributed by atoms with E-state index in [-0.39, 0.29) is 15.6 Å². The normalized spacial score (nSPS) is 14.2. The number of ether oxygens (including phenoxy) is 1. The highest BCUT2D eigenvalue weighted by Crippen LogP contribution is 2.32. The van der Waals surface area contributed by atoms with Crippen molar-refractivity contribution in [3.63, 3.8) is 0 Å². The Labute approximate surface area is 120 Å². The first-order valence-corrected chi connectivity index (χ1v) is 7.39. The van der Waals surface area contributed by atoms with E-state index in [1.807, 2.05) is 24.3 Å². The van der Waals surface area contributed by atoms with Gasteiger partial charge in [0.25, 0.3) is 0 Å². The van der Waals surface area contributed by atoms with Crippen LogP contribution in [0.3, 0.4) is 0 Å². The monoisotopic (exact) mass is 412 g/mol. The zero-order valence-electron chi connectivity index (χ0n) is 8.62. The minimum absolute atomic E-state index is 0.0975. The Kier molecular flexibility index (Phi) is 6.00. The Morgan fingerprint density at radius 3 is 2.38 bits per heavy atom. The third kappa shape index (κ3) is 3.86. The average molecular weight is 415 g/mol. The van der Waals surface area contributed by atoms with Gasteiger partial charge in [-0.25, -0.2) is 0 Å². The van der Waals surface area contributed by atoms with Gasteiger partial charge in [0.1, 0.15) is 4.83 Å². The van der Waals surface area contributed by atoms with Gasteiger partial charge in [0, 0.05) is 4.47 Å². The first-order valence-electron chi connectivity index (χ1n) is 4.76. The van der Waals surface area contributed by atoms with Crippen LogP contribution in [0, 0.1) is 0 Å². The number of carbonyl (C=O) groups excluding carboxylic acids is 1. The molecule has 0 aliphatic heterocycles. The highest BCUT2D eigenvalue weighted by atomic mass is 79.9. The van der Waals surface area contributed by atoms with Crippen LogP contribution in [0.4, 0.5) is 0 Å². The summed E-state index contributed by atoms with van der Waals surface area (Å²) in [7, 11) is 0. The molecule has 1 aromatic carbocycles. The van der Waals surface area contributed by atoms with Gasteiger partial charge in [-0.2, -0.15) is 0 Å². The van der Waals surface area contributed by atoms with Crippen molar-refractivity contribution in [2.45, 2.75) is 16.6 Å². The van der Waals surface area contributed by atoms with Gasteiger partial charge >= 0.3 is 5.97 Å². The summed E-state index contributed by atoms with van der Waals surface area (Å²) >= 11 is 10.2. The molecule has 0 N–H and O–H groups in total. The average Bonchev–Trinajstić information content (AvgIpc) is 2.28. The maximum atomic E-state index is 11.5. The molecule has 0 spiro atoms. The first kappa shape index (κ1) is 14.2. The quantitative estimate of drug-likeness (QED) is 0.545. The fourth-order valence-corrected chi connectivity index (χ4v) is 2.38. The number of rotatable bonds is 4. The topological polar surface area (TPSA) is 26.3 Å². The zero-order valence-corrected chi connectivity index (χ0v) is 13.4. The van der Waals surface area contributed by atoms with Crippen LogP contribution in [0.15, 0.2) is 28.7 Å². The van der Waals surface area contributed by atoms with E-state index in [0.717, 1.165) is 10.0 Å². The minimum atomic E-state index is -0.381. The largest absolute Gasteiger partial charge is 0.465 e. The van der Waals surface area contributed by atoms with Crippen molar-refractivity contribution in [3.8, 4) is 0 Å². The standard InChI is InChI=1S/C11H11Br3O2/c1-2-16-11(15)10(14)9(13)7-3-5-8(12)6-4-7/h3-6,9-10H,2H2,1H3/t9-,10+/m0/s1. The predicted octanol–water partition coefficient (Wildman–Crippen LogP) is 4.21. The third-order valence-electron chi connectivity index (χ3n) is 1.96. The van der Waals surface area contributed by atoms with E-state index >= 15 is 0 Å². The number of hydrogen-bond donors (Lipinski definition) is 0. The lowest BCUT2D eigenvalue weighted by Crippen LogP contribution is -2.21. The van der Waals surface area contributed by atoms with Crippen molar-refractivity contribution in [3.05, 3.63) is 34.3 Å². The van der Waals surface area contributed by atoms with Crippen molar-refractivity contribution in [2.75, 3.05) is 6.61 Å². The SMILES string of the molecule is CCOC(=O)[C@H](Br)[C@@H](Br)c1ccc(Br)cc1. The number of benzene rings is 1. The number of halogens is 3. The molecule has 0 bridgehead atoms. The Morgan fingerprint density at radius 2 is 1.88 bits per heavy atom. The number of carbonyl (C=O) groups is 1. The second-order valence-electron chi connectivity index (χ2n) is 3.11. The van der Waals surface area contributed by atoms with E-state index in [9.17, 15) is 4.79 Å². The van der Waals surface area contributed by atoms with Crippen LogP contribution in [0.25, 0.3) is 0 Å². The molecule has 0 fully saturated rings. The number of esters is 1. The molecule has 0 aliphatic rings. The molecule has 1 rings (SSSR count). The van der Waals surface area contributed by atoms with Gasteiger partial charge < -0.3 is 4.74 Å². The Balaban J connectivity index is 2.73. The van der Waals surface area contributed by atoms with Crippen LogP contribution in [0.2, 0.25) is 0 Å². The maximum absolute atomic E-state index is 11.5. The smallest absolute Gasteiger partial charge is 0.321 e. The van der Waals surface area contributed by atoms with Gasteiger partial charge in [-0.15, -0.1) is 0 Å². The summed E-state index contributed by atoms with van der Waals surface area (Å²) in [6, 6.07) is 7.79. The summed E-state index contributed by atoms with van der Waals surface area (Å²) in [5.41, 5.74) is 1.03. The summed E-state index contributed by atoms with van der Waals surface area (Å²) in [5, 5.41) is 0. The van der Waals surface area contributed by atoms with Gasteiger partial charge in [0.2, 0.25) is 0 Å². The fourth-order valence-electron chi connectivity index (χ4n) is 1.16. The van der Waals surface area contributed by atoms with E-state index in [0.29, 0.717) is 6.61 Å². The van der Waals surface area contributed by atoms with Gasteiger partial charge in [-0.3, -0.25) is 4.79 Å². The van der Waals surface area contributed by atoms with Crippen molar-refractivity contribution in [1.82, 2.24) is 0 Å². The summed E-state index contributed by atoms with van der Waals surface area (Å²) in [6.07, 6.45) is 0. The van der Waals surface area contributed by atoms with Crippen LogP contribution in [0.1, 0.15) is 17.3 Å². The molecule has 2 nitrogen and oxygen atoms in total. The molecule has 16 heavy (non-hydrogen) atoms. The summed E-state index contributed by atoms with van der Waals surface area (Å²) in [5.74, 6) is -0.257. The van der Waals surface area contributed by atoms with Crippen molar-refractivity contribution in [1.29, 1.82) is 0 Å². The van der Waals surface area contributed by atoms with Crippen LogP contribution in [-0.4, -0.2) is 17.4 Å². The zero-order chi connectivity index (χ0) is 12.1. The van der Waals surface area contributed by atoms with E-state index < -0.39 is 0 Å². The molecule has 0 saturated carbocycles. The lowest BCUT2D eigenvalue weighted by atomic mass is 10.1. The van der Waals surface area contributed by atoms with Gasteiger partial charge in [0.15, 0.2) is 0 Å². The van der Waals surface area contributed by atoms with E-state index in [1.165, 1.54) is 0 Å². The molecule has 88 valence electrons. The van der Waals surface area contributed by atoms with Crippen molar-refractivity contribution < 1.29 is 9.53 Å². The summed E-state index contributed by atoms with van der Waals surface area (Å²) in [4.78, 5) is 11.0. The molecule has 0 aliphatic carbocycles. The van der Waals surface area contributed by atoms with E-state index in [2.05, 4.69) is 47.8 Å². The highest BCUT2D eigenvalue weighted by molar-refractivity contribution is 9.12. The molecule has 0 heterocycles. The lowest BCUT2D eigenvalue weighted by Gasteiger charge is -2.15. The third-order valence-corrected chi connectivity index (χ3v) is 5.16. The van der Waals surface area contributed by atoms with Gasteiger partial charge in [-0.1, -0.05) is 59.9 Å². The first-order chi connectivity index (χ1) is 7.56. The molecule has 0 radical (unpaired) electrons. The summed E-state index contributed by atoms with van der Waals surface area (Å²) in [6.45, 7) is 2.18. The van der Waals surface area contributed by atoms with Crippen LogP contribution >= 0.6 is 47.8 Å². The molecule has 0 amide bonds. The lowest BCUT2D eigenvalue weighted by molar-refractivity contribution is -0.142. The summed E-state index contributed by atoms with van der Waals surface area (Å²) < 4.78 is 5.96. The van der Waals surface area contributed by atoms with E-state index in [1.54, 1.807) is 6.92 Å². The van der Waals surface area contributed by atoms with E-state index in [4.69, 9.17) is 4.74 Å². The molecule has 1 aromatic rings. The second kappa shape index (κ2) is 6.77. The number of hydrogen-bond acceptors (Lipinski definition) is 2. The predicted molar refractivity (Wildman–Crippen MR) is 75.2 cm³/mol. The molecular weight excluding hydrogens is 404 g/mol. The molecule has 0 unspecified atom stereocenters. The van der Waals surface area contributed by atoms with Crippen LogP contribution in [-0.2, 0) is 9.53 Å². The molecule has 5 heteroatoms. The highest BCUT2D eigenvalue weighted by Gasteiger charge is 2.25. The molecule has 2 atom stereocenters.